The summed E-state index contributed by atoms with van der Waals surface area (Å²) in [5, 5.41) is 4.62. The molecule has 162 valence electrons. The van der Waals surface area contributed by atoms with Crippen LogP contribution >= 0.6 is 58.2 Å². The zero-order chi connectivity index (χ0) is 22.3. The largest absolute Gasteiger partial charge is 0.355 e. The molecule has 2 rings (SSSR count). The number of hydrogen-bond donors (Lipinski definition) is 1. The molecule has 9 heteroatoms. The third-order valence-corrected chi connectivity index (χ3v) is 6.82. The molecule has 0 aliphatic carbocycles. The van der Waals surface area contributed by atoms with E-state index in [4.69, 9.17) is 46.4 Å². The van der Waals surface area contributed by atoms with E-state index in [1.54, 1.807) is 37.3 Å². The van der Waals surface area contributed by atoms with Crippen LogP contribution in [0.2, 0.25) is 20.1 Å². The summed E-state index contributed by atoms with van der Waals surface area (Å²) in [6.07, 6.45) is 0. The number of carbonyl (C=O) groups excluding carboxylic acids is 2. The summed E-state index contributed by atoms with van der Waals surface area (Å²) in [7, 11) is 0. The van der Waals surface area contributed by atoms with Crippen molar-refractivity contribution in [1.82, 2.24) is 10.2 Å². The van der Waals surface area contributed by atoms with Crippen molar-refractivity contribution in [3.63, 3.8) is 0 Å². The molecule has 0 aliphatic rings. The minimum absolute atomic E-state index is 0.142. The number of benzene rings is 2. The summed E-state index contributed by atoms with van der Waals surface area (Å²) < 4.78 is 0. The predicted octanol–water partition coefficient (Wildman–Crippen LogP) is 6.09. The van der Waals surface area contributed by atoms with Gasteiger partial charge in [-0.3, -0.25) is 9.59 Å². The van der Waals surface area contributed by atoms with Crippen LogP contribution in [0.3, 0.4) is 0 Å². The Morgan fingerprint density at radius 2 is 1.70 bits per heavy atom. The van der Waals surface area contributed by atoms with Gasteiger partial charge in [-0.25, -0.2) is 0 Å². The highest BCUT2D eigenvalue weighted by Crippen LogP contribution is 2.28. The number of nitrogens with zero attached hydrogens (tertiary/aromatic N) is 1. The zero-order valence-electron chi connectivity index (χ0n) is 16.6. The molecule has 4 nitrogen and oxygen atoms in total. The first-order valence-electron chi connectivity index (χ1n) is 9.26. The van der Waals surface area contributed by atoms with E-state index in [9.17, 15) is 9.59 Å². The van der Waals surface area contributed by atoms with E-state index in [2.05, 4.69) is 5.32 Å². The van der Waals surface area contributed by atoms with E-state index >= 15 is 0 Å². The van der Waals surface area contributed by atoms with Crippen molar-refractivity contribution >= 4 is 70.0 Å². The number of likely N-dealkylation sites (N-methyl/N-ethyl adjacent to an activating group) is 1. The molecule has 30 heavy (non-hydrogen) atoms. The van der Waals surface area contributed by atoms with Crippen molar-refractivity contribution in [2.24, 2.45) is 0 Å². The van der Waals surface area contributed by atoms with Crippen molar-refractivity contribution in [1.29, 1.82) is 0 Å². The first-order valence-corrected chi connectivity index (χ1v) is 11.9. The van der Waals surface area contributed by atoms with E-state index in [1.165, 1.54) is 16.7 Å². The zero-order valence-corrected chi connectivity index (χ0v) is 20.4. The highest BCUT2D eigenvalue weighted by atomic mass is 35.5. The molecule has 0 fully saturated rings. The number of carbonyl (C=O) groups is 2. The second-order valence-corrected chi connectivity index (χ2v) is 9.15. The van der Waals surface area contributed by atoms with Gasteiger partial charge in [-0.2, -0.15) is 0 Å². The number of thioether (sulfide) groups is 1. The van der Waals surface area contributed by atoms with Crippen LogP contribution in [0.1, 0.15) is 25.0 Å². The predicted molar refractivity (Wildman–Crippen MR) is 128 cm³/mol. The summed E-state index contributed by atoms with van der Waals surface area (Å²) in [5.74, 6) is 0.351. The molecule has 0 aromatic heterocycles. The van der Waals surface area contributed by atoms with Gasteiger partial charge in [0.1, 0.15) is 6.04 Å². The van der Waals surface area contributed by atoms with Gasteiger partial charge in [0.25, 0.3) is 0 Å². The number of amides is 2. The van der Waals surface area contributed by atoms with Crippen LogP contribution in [-0.4, -0.2) is 35.1 Å². The Hall–Kier alpha value is -1.11. The molecule has 0 aliphatic heterocycles. The van der Waals surface area contributed by atoms with Crippen LogP contribution in [0.25, 0.3) is 0 Å². The van der Waals surface area contributed by atoms with E-state index in [0.29, 0.717) is 38.0 Å². The summed E-state index contributed by atoms with van der Waals surface area (Å²) in [6, 6.07) is 9.85. The Bertz CT molecular complexity index is 890. The van der Waals surface area contributed by atoms with Gasteiger partial charge in [0, 0.05) is 34.5 Å². The van der Waals surface area contributed by atoms with E-state index < -0.39 is 6.04 Å². The van der Waals surface area contributed by atoms with Crippen LogP contribution in [-0.2, 0) is 21.9 Å². The molecule has 0 radical (unpaired) electrons. The lowest BCUT2D eigenvalue weighted by molar-refractivity contribution is -0.138. The molecule has 1 atom stereocenters. The Morgan fingerprint density at radius 1 is 1.03 bits per heavy atom. The van der Waals surface area contributed by atoms with E-state index in [-0.39, 0.29) is 24.1 Å². The average molecular weight is 508 g/mol. The molecule has 1 N–H and O–H groups in total. The minimum atomic E-state index is -0.671. The molecule has 0 spiro atoms. The number of hydrogen-bond acceptors (Lipinski definition) is 3. The van der Waals surface area contributed by atoms with Gasteiger partial charge in [-0.15, -0.1) is 11.8 Å². The summed E-state index contributed by atoms with van der Waals surface area (Å²) in [6.45, 7) is 4.14. The highest BCUT2D eigenvalue weighted by molar-refractivity contribution is 7.99. The normalized spacial score (nSPS) is 11.8. The maximum absolute atomic E-state index is 13.0. The van der Waals surface area contributed by atoms with Crippen molar-refractivity contribution in [2.45, 2.75) is 32.2 Å². The fraction of sp³-hybridized carbons (Fsp3) is 0.333. The van der Waals surface area contributed by atoms with Crippen LogP contribution in [0.5, 0.6) is 0 Å². The van der Waals surface area contributed by atoms with Crippen molar-refractivity contribution in [3.05, 3.63) is 67.6 Å². The topological polar surface area (TPSA) is 49.4 Å². The lowest BCUT2D eigenvalue weighted by atomic mass is 10.1. The van der Waals surface area contributed by atoms with Crippen LogP contribution in [0, 0.1) is 0 Å². The Morgan fingerprint density at radius 3 is 2.30 bits per heavy atom. The molecule has 0 saturated heterocycles. The Balaban J connectivity index is 2.13. The molecule has 0 heterocycles. The monoisotopic (exact) mass is 506 g/mol. The SMILES string of the molecule is CCNC(=O)C(C)N(Cc1c(Cl)cccc1Cl)C(=O)CSCc1ccc(Cl)c(Cl)c1. The van der Waals surface area contributed by atoms with Crippen molar-refractivity contribution < 1.29 is 9.59 Å². The summed E-state index contributed by atoms with van der Waals surface area (Å²) in [5.41, 5.74) is 1.57. The van der Waals surface area contributed by atoms with Gasteiger partial charge in [0.05, 0.1) is 15.8 Å². The second-order valence-electron chi connectivity index (χ2n) is 6.53. The van der Waals surface area contributed by atoms with Gasteiger partial charge in [0.2, 0.25) is 11.8 Å². The van der Waals surface area contributed by atoms with Crippen molar-refractivity contribution in [3.8, 4) is 0 Å². The molecule has 0 bridgehead atoms. The van der Waals surface area contributed by atoms with Gasteiger partial charge in [-0.05, 0) is 43.7 Å². The highest BCUT2D eigenvalue weighted by Gasteiger charge is 2.27. The van der Waals surface area contributed by atoms with E-state index in [1.807, 2.05) is 13.0 Å². The number of halogens is 4. The number of nitrogens with one attached hydrogen (secondary N) is 1. The third kappa shape index (κ3) is 6.96. The second kappa shape index (κ2) is 12.1. The molecule has 2 aromatic carbocycles. The fourth-order valence-electron chi connectivity index (χ4n) is 2.73. The lowest BCUT2D eigenvalue weighted by Crippen LogP contribution is -2.48. The lowest BCUT2D eigenvalue weighted by Gasteiger charge is -2.29. The first-order chi connectivity index (χ1) is 14.2. The first kappa shape index (κ1) is 25.2. The smallest absolute Gasteiger partial charge is 0.242 e. The molecule has 2 aromatic rings. The molecule has 2 amide bonds. The summed E-state index contributed by atoms with van der Waals surface area (Å²) >= 11 is 26.0. The Kier molecular flexibility index (Phi) is 10.1. The number of rotatable bonds is 9. The standard InChI is InChI=1S/C21H22Cl4N2O2S/c1-3-26-21(29)13(2)27(10-15-16(22)5-4-6-17(15)23)20(28)12-30-11-14-7-8-18(24)19(25)9-14/h4-9,13H,3,10-12H2,1-2H3,(H,26,29). The van der Waals surface area contributed by atoms with Crippen LogP contribution in [0.15, 0.2) is 36.4 Å². The van der Waals surface area contributed by atoms with E-state index in [0.717, 1.165) is 5.56 Å². The minimum Gasteiger partial charge on any atom is -0.355 e. The summed E-state index contributed by atoms with van der Waals surface area (Å²) in [4.78, 5) is 26.9. The van der Waals surface area contributed by atoms with Gasteiger partial charge in [-0.1, -0.05) is 58.5 Å². The molecular weight excluding hydrogens is 486 g/mol. The van der Waals surface area contributed by atoms with Crippen LogP contribution < -0.4 is 5.32 Å². The van der Waals surface area contributed by atoms with Gasteiger partial charge < -0.3 is 10.2 Å². The molecular formula is C21H22Cl4N2O2S. The van der Waals surface area contributed by atoms with Crippen molar-refractivity contribution in [2.75, 3.05) is 12.3 Å². The quantitative estimate of drug-likeness (QED) is 0.447. The average Bonchev–Trinajstić information content (AvgIpc) is 2.70. The fourth-order valence-corrected chi connectivity index (χ4v) is 4.42. The Labute approximate surface area is 201 Å². The van der Waals surface area contributed by atoms with Gasteiger partial charge in [0.15, 0.2) is 0 Å². The molecule has 0 saturated carbocycles. The maximum Gasteiger partial charge on any atom is 0.242 e. The van der Waals surface area contributed by atoms with Gasteiger partial charge >= 0.3 is 0 Å². The third-order valence-electron chi connectivity index (χ3n) is 4.39. The van der Waals surface area contributed by atoms with Crippen LogP contribution in [0.4, 0.5) is 0 Å². The maximum atomic E-state index is 13.0. The molecule has 1 unspecified atom stereocenters.